The number of aryl methyl sites for hydroxylation is 3. The van der Waals surface area contributed by atoms with Crippen LogP contribution in [0.3, 0.4) is 0 Å². The highest BCUT2D eigenvalue weighted by atomic mass is 16.5. The summed E-state index contributed by atoms with van der Waals surface area (Å²) in [6.45, 7) is 6.83. The fourth-order valence-electron chi connectivity index (χ4n) is 5.54. The number of aliphatic hydroxyl groups is 2. The summed E-state index contributed by atoms with van der Waals surface area (Å²) in [6, 6.07) is 17.2. The van der Waals surface area contributed by atoms with Crippen LogP contribution in [0.2, 0.25) is 0 Å². The zero-order valence-corrected chi connectivity index (χ0v) is 22.2. The molecule has 0 bridgehead atoms. The minimum absolute atomic E-state index is 0.0665. The fourth-order valence-corrected chi connectivity index (χ4v) is 5.54. The van der Waals surface area contributed by atoms with Gasteiger partial charge >= 0.3 is 0 Å². The highest BCUT2D eigenvalue weighted by Gasteiger charge is 2.24. The van der Waals surface area contributed by atoms with E-state index >= 15 is 0 Å². The second kappa shape index (κ2) is 11.3. The van der Waals surface area contributed by atoms with Crippen molar-refractivity contribution in [2.24, 2.45) is 0 Å². The van der Waals surface area contributed by atoms with E-state index in [1.54, 1.807) is 0 Å². The molecule has 0 spiro atoms. The highest BCUT2D eigenvalue weighted by molar-refractivity contribution is 5.75. The van der Waals surface area contributed by atoms with E-state index in [1.165, 1.54) is 33.4 Å². The third-order valence-electron chi connectivity index (χ3n) is 7.52. The first kappa shape index (κ1) is 25.9. The van der Waals surface area contributed by atoms with Gasteiger partial charge in [0.2, 0.25) is 0 Å². The quantitative estimate of drug-likeness (QED) is 0.248. The fraction of sp³-hybridized carbons (Fsp3) is 0.367. The van der Waals surface area contributed by atoms with E-state index < -0.39 is 6.10 Å². The molecular formula is C30H35N5O3. The van der Waals surface area contributed by atoms with E-state index in [2.05, 4.69) is 83.1 Å². The van der Waals surface area contributed by atoms with Crippen LogP contribution >= 0.6 is 0 Å². The van der Waals surface area contributed by atoms with Gasteiger partial charge in [-0.1, -0.05) is 29.5 Å². The van der Waals surface area contributed by atoms with Gasteiger partial charge in [0.1, 0.15) is 18.5 Å². The summed E-state index contributed by atoms with van der Waals surface area (Å²) in [5, 5.41) is 36.8. The number of nitrogens with zero attached hydrogens (tertiary/aromatic N) is 3. The number of hydrogen-bond donors (Lipinski definition) is 4. The van der Waals surface area contributed by atoms with E-state index in [1.807, 2.05) is 12.1 Å². The lowest BCUT2D eigenvalue weighted by molar-refractivity contribution is 0.0536. The maximum atomic E-state index is 9.61. The molecule has 0 saturated carbocycles. The Morgan fingerprint density at radius 3 is 2.66 bits per heavy atom. The molecule has 38 heavy (non-hydrogen) atoms. The third-order valence-corrected chi connectivity index (χ3v) is 7.52. The summed E-state index contributed by atoms with van der Waals surface area (Å²) < 4.78 is 5.69. The average Bonchev–Trinajstić information content (AvgIpc) is 3.57. The van der Waals surface area contributed by atoms with Crippen molar-refractivity contribution in [3.8, 4) is 16.9 Å². The second-order valence-electron chi connectivity index (χ2n) is 10.2. The molecular weight excluding hydrogens is 478 g/mol. The van der Waals surface area contributed by atoms with Gasteiger partial charge in [0.05, 0.1) is 6.61 Å². The van der Waals surface area contributed by atoms with Crippen LogP contribution in [0.5, 0.6) is 5.75 Å². The van der Waals surface area contributed by atoms with Crippen LogP contribution in [0.15, 0.2) is 48.5 Å². The normalized spacial score (nSPS) is 15.3. The predicted octanol–water partition coefficient (Wildman–Crippen LogP) is 4.41. The molecule has 0 radical (unpaired) electrons. The minimum Gasteiger partial charge on any atom is -0.491 e. The average molecular weight is 514 g/mol. The van der Waals surface area contributed by atoms with Crippen LogP contribution in [0.25, 0.3) is 11.1 Å². The number of fused-ring (bicyclic) bond motifs is 1. The lowest BCUT2D eigenvalue weighted by Gasteiger charge is -2.18. The molecule has 4 aromatic rings. The molecule has 5 rings (SSSR count). The Morgan fingerprint density at radius 1 is 1.11 bits per heavy atom. The van der Waals surface area contributed by atoms with Crippen molar-refractivity contribution in [2.45, 2.75) is 58.6 Å². The number of benzene rings is 3. The van der Waals surface area contributed by atoms with Crippen LogP contribution in [0.1, 0.15) is 51.5 Å². The maximum absolute atomic E-state index is 9.61. The molecule has 198 valence electrons. The molecule has 3 aromatic carbocycles. The monoisotopic (exact) mass is 513 g/mol. The molecule has 8 heteroatoms. The Hall–Kier alpha value is -3.75. The number of H-pyrrole nitrogens is 1. The lowest BCUT2D eigenvalue weighted by Crippen LogP contribution is -2.21. The molecule has 0 amide bonds. The summed E-state index contributed by atoms with van der Waals surface area (Å²) in [5.74, 6) is 1.91. The smallest absolute Gasteiger partial charge is 0.175 e. The van der Waals surface area contributed by atoms with E-state index in [-0.39, 0.29) is 13.2 Å². The summed E-state index contributed by atoms with van der Waals surface area (Å²) in [6.07, 6.45) is 2.11. The molecule has 1 unspecified atom stereocenters. The van der Waals surface area contributed by atoms with Gasteiger partial charge in [0, 0.05) is 18.7 Å². The number of aliphatic hydroxyl groups excluding tert-OH is 2. The SMILES string of the molecule is Cc1cc(OC[C@H](O)CO)cc(C)c1-c1cccc(CNc2ccc3c(c2)CCC3Cc2nn[nH]n2)c1C. The van der Waals surface area contributed by atoms with Crippen molar-refractivity contribution in [3.05, 3.63) is 87.7 Å². The predicted molar refractivity (Wildman–Crippen MR) is 147 cm³/mol. The van der Waals surface area contributed by atoms with Gasteiger partial charge in [0.15, 0.2) is 5.82 Å². The molecule has 0 aliphatic heterocycles. The Morgan fingerprint density at radius 2 is 1.92 bits per heavy atom. The Balaban J connectivity index is 1.29. The van der Waals surface area contributed by atoms with Crippen molar-refractivity contribution >= 4 is 5.69 Å². The van der Waals surface area contributed by atoms with Gasteiger partial charge in [0.25, 0.3) is 0 Å². The summed E-state index contributed by atoms with van der Waals surface area (Å²) in [4.78, 5) is 0. The topological polar surface area (TPSA) is 116 Å². The molecule has 0 fully saturated rings. The number of aromatic amines is 1. The van der Waals surface area contributed by atoms with Crippen molar-refractivity contribution in [3.63, 3.8) is 0 Å². The standard InChI is InChI=1S/C30H35N5O3/c1-18-11-26(38-17-25(37)16-36)12-19(2)30(18)27-6-4-5-23(20(27)3)15-31-24-9-10-28-21(13-24)7-8-22(28)14-29-32-34-35-33-29/h4-6,9-13,22,25,31,36-37H,7-8,14-17H2,1-3H3,(H,32,33,34,35)/t22?,25-/m1/s1. The minimum atomic E-state index is -0.884. The largest absolute Gasteiger partial charge is 0.491 e. The number of nitrogens with one attached hydrogen (secondary N) is 2. The third kappa shape index (κ3) is 5.56. The van der Waals surface area contributed by atoms with Crippen molar-refractivity contribution in [1.29, 1.82) is 0 Å². The van der Waals surface area contributed by atoms with Crippen LogP contribution in [-0.2, 0) is 19.4 Å². The van der Waals surface area contributed by atoms with Crippen LogP contribution in [-0.4, -0.2) is 50.2 Å². The van der Waals surface area contributed by atoms with Gasteiger partial charge in [-0.2, -0.15) is 5.21 Å². The van der Waals surface area contributed by atoms with Gasteiger partial charge in [-0.25, -0.2) is 0 Å². The number of aromatic nitrogens is 4. The van der Waals surface area contributed by atoms with Crippen LogP contribution < -0.4 is 10.1 Å². The first-order chi connectivity index (χ1) is 18.4. The summed E-state index contributed by atoms with van der Waals surface area (Å²) in [5.41, 5.74) is 11.1. The maximum Gasteiger partial charge on any atom is 0.175 e. The number of tetrazole rings is 1. The number of rotatable bonds is 10. The Kier molecular flexibility index (Phi) is 7.72. The first-order valence-corrected chi connectivity index (χ1v) is 13.1. The summed E-state index contributed by atoms with van der Waals surface area (Å²) in [7, 11) is 0. The summed E-state index contributed by atoms with van der Waals surface area (Å²) >= 11 is 0. The lowest BCUT2D eigenvalue weighted by atomic mass is 9.90. The molecule has 1 aliphatic carbocycles. The van der Waals surface area contributed by atoms with E-state index in [0.29, 0.717) is 11.7 Å². The van der Waals surface area contributed by atoms with Gasteiger partial charge < -0.3 is 20.3 Å². The molecule has 8 nitrogen and oxygen atoms in total. The zero-order chi connectivity index (χ0) is 26.6. The van der Waals surface area contributed by atoms with Crippen LogP contribution in [0.4, 0.5) is 5.69 Å². The van der Waals surface area contributed by atoms with E-state index in [4.69, 9.17) is 9.84 Å². The molecule has 0 saturated heterocycles. The van der Waals surface area contributed by atoms with E-state index in [9.17, 15) is 5.11 Å². The van der Waals surface area contributed by atoms with E-state index in [0.717, 1.165) is 48.4 Å². The van der Waals surface area contributed by atoms with Gasteiger partial charge in [-0.3, -0.25) is 0 Å². The van der Waals surface area contributed by atoms with Crippen molar-refractivity contribution in [2.75, 3.05) is 18.5 Å². The van der Waals surface area contributed by atoms with Crippen molar-refractivity contribution in [1.82, 2.24) is 20.6 Å². The molecule has 1 aromatic heterocycles. The highest BCUT2D eigenvalue weighted by Crippen LogP contribution is 2.37. The molecule has 1 heterocycles. The molecule has 1 aliphatic rings. The number of ether oxygens (including phenoxy) is 1. The van der Waals surface area contributed by atoms with Crippen LogP contribution in [0, 0.1) is 20.8 Å². The van der Waals surface area contributed by atoms with Crippen molar-refractivity contribution < 1.29 is 14.9 Å². The zero-order valence-electron chi connectivity index (χ0n) is 22.2. The first-order valence-electron chi connectivity index (χ1n) is 13.1. The molecule has 2 atom stereocenters. The Bertz CT molecular complexity index is 1380. The Labute approximate surface area is 223 Å². The second-order valence-corrected chi connectivity index (χ2v) is 10.2. The van der Waals surface area contributed by atoms with Gasteiger partial charge in [-0.05, 0) is 108 Å². The van der Waals surface area contributed by atoms with Gasteiger partial charge in [-0.15, -0.1) is 10.2 Å². The number of hydrogen-bond acceptors (Lipinski definition) is 7. The molecule has 4 N–H and O–H groups in total. The number of anilines is 1.